The van der Waals surface area contributed by atoms with E-state index in [1.165, 1.54) is 35.2 Å². The number of alkyl halides is 1. The summed E-state index contributed by atoms with van der Waals surface area (Å²) in [4.78, 5) is 74.2. The number of likely N-dealkylation sites (tertiary alicyclic amines) is 1. The van der Waals surface area contributed by atoms with Crippen molar-refractivity contribution in [2.24, 2.45) is 5.92 Å². The van der Waals surface area contributed by atoms with Crippen molar-refractivity contribution >= 4 is 62.2 Å². The molecule has 6 rings (SSSR count). The average molecular weight is 889 g/mol. The minimum absolute atomic E-state index is 0.0385. The second-order valence-corrected chi connectivity index (χ2v) is 17.9. The van der Waals surface area contributed by atoms with Gasteiger partial charge in [-0.1, -0.05) is 54.6 Å². The van der Waals surface area contributed by atoms with E-state index in [0.717, 1.165) is 5.56 Å². The van der Waals surface area contributed by atoms with E-state index in [4.69, 9.17) is 30.8 Å². The van der Waals surface area contributed by atoms with Gasteiger partial charge in [0.25, 0.3) is 15.9 Å². The molecule has 328 valence electrons. The number of alkyl carbamates (subject to hydrolysis) is 1. The topological polar surface area (TPSA) is 211 Å². The van der Waals surface area contributed by atoms with Crippen LogP contribution in [0.3, 0.4) is 0 Å². The smallest absolute Gasteiger partial charge is 0.408 e. The Morgan fingerprint density at radius 2 is 1.71 bits per heavy atom. The van der Waals surface area contributed by atoms with E-state index in [1.54, 1.807) is 58.2 Å². The van der Waals surface area contributed by atoms with E-state index in [9.17, 15) is 32.4 Å². The number of hydrogen-bond donors (Lipinski definition) is 4. The molecule has 4 N–H and O–H groups in total. The van der Waals surface area contributed by atoms with E-state index >= 15 is 0 Å². The van der Waals surface area contributed by atoms with Crippen molar-refractivity contribution in [3.8, 4) is 22.8 Å². The summed E-state index contributed by atoms with van der Waals surface area (Å²) in [6.07, 6.45) is -0.460. The molecule has 0 radical (unpaired) electrons. The van der Waals surface area contributed by atoms with Gasteiger partial charge in [-0.05, 0) is 57.9 Å². The van der Waals surface area contributed by atoms with E-state index in [2.05, 4.69) is 27.3 Å². The molecule has 1 aliphatic heterocycles. The Morgan fingerprint density at radius 3 is 2.34 bits per heavy atom. The van der Waals surface area contributed by atoms with Crippen LogP contribution >= 0.6 is 11.6 Å². The van der Waals surface area contributed by atoms with Crippen LogP contribution in [0.5, 0.6) is 11.5 Å². The fourth-order valence-electron chi connectivity index (χ4n) is 7.23. The number of carbonyl (C=O) groups is 5. The first-order chi connectivity index (χ1) is 29.5. The number of sulfonamides is 1. The van der Waals surface area contributed by atoms with Crippen LogP contribution in [-0.4, -0.2) is 103 Å². The van der Waals surface area contributed by atoms with Gasteiger partial charge in [0.2, 0.25) is 17.7 Å². The first-order valence-corrected chi connectivity index (χ1v) is 21.9. The molecule has 1 aliphatic carbocycles. The normalized spacial score (nSPS) is 20.0. The number of nitrogens with one attached hydrogen (secondary N) is 4. The average Bonchev–Trinajstić information content (AvgIpc) is 3.81. The lowest BCUT2D eigenvalue weighted by Gasteiger charge is -2.30. The molecule has 1 aromatic heterocycles. The molecule has 0 bridgehead atoms. The van der Waals surface area contributed by atoms with Gasteiger partial charge in [-0.15, -0.1) is 18.2 Å². The van der Waals surface area contributed by atoms with Gasteiger partial charge in [-0.2, -0.15) is 0 Å². The molecule has 62 heavy (non-hydrogen) atoms. The Balaban J connectivity index is 1.34. The Kier molecular flexibility index (Phi) is 13.8. The quantitative estimate of drug-likeness (QED) is 0.0912. The summed E-state index contributed by atoms with van der Waals surface area (Å²) in [5.41, 5.74) is -0.684. The molecule has 18 heteroatoms. The third kappa shape index (κ3) is 10.6. The molecule has 16 nitrogen and oxygen atoms in total. The van der Waals surface area contributed by atoms with E-state index in [1.807, 2.05) is 30.3 Å². The Hall–Kier alpha value is -6.20. The minimum atomic E-state index is -4.33. The van der Waals surface area contributed by atoms with E-state index < -0.39 is 75.0 Å². The van der Waals surface area contributed by atoms with Crippen molar-refractivity contribution in [2.45, 2.75) is 74.3 Å². The third-order valence-electron chi connectivity index (χ3n) is 10.4. The first-order valence-electron chi connectivity index (χ1n) is 19.9. The zero-order valence-corrected chi connectivity index (χ0v) is 36.3. The zero-order valence-electron chi connectivity index (χ0n) is 34.7. The maximum atomic E-state index is 14.7. The molecule has 2 fully saturated rings. The zero-order chi connectivity index (χ0) is 44.8. The number of rotatable bonds is 16. The molecule has 1 saturated carbocycles. The maximum Gasteiger partial charge on any atom is 0.408 e. The Morgan fingerprint density at radius 1 is 1.02 bits per heavy atom. The van der Waals surface area contributed by atoms with E-state index in [-0.39, 0.29) is 43.1 Å². The largest absolute Gasteiger partial charge is 0.497 e. The number of nitrogens with zero attached hydrogens (tertiary/aromatic N) is 2. The van der Waals surface area contributed by atoms with Gasteiger partial charge >= 0.3 is 6.09 Å². The highest BCUT2D eigenvalue weighted by atomic mass is 35.5. The molecule has 5 amide bonds. The predicted molar refractivity (Wildman–Crippen MR) is 231 cm³/mol. The number of fused-ring (bicyclic) bond motifs is 1. The van der Waals surface area contributed by atoms with Crippen molar-refractivity contribution in [2.75, 3.05) is 26.1 Å². The molecule has 2 aliphatic rings. The molecule has 5 atom stereocenters. The number of benzene rings is 3. The molecular formula is C44H49ClN6O10S. The van der Waals surface area contributed by atoms with Crippen LogP contribution < -0.4 is 30.1 Å². The van der Waals surface area contributed by atoms with Gasteiger partial charge < -0.3 is 35.1 Å². The number of carbonyl (C=O) groups excluding carboxylic acids is 5. The fraction of sp³-hybridized carbons (Fsp3) is 0.364. The molecule has 4 aromatic rings. The molecule has 3 aromatic carbocycles. The highest BCUT2D eigenvalue weighted by Gasteiger charge is 2.61. The minimum Gasteiger partial charge on any atom is -0.497 e. The van der Waals surface area contributed by atoms with Crippen LogP contribution in [0.15, 0.2) is 102 Å². The monoisotopic (exact) mass is 888 g/mol. The lowest BCUT2D eigenvalue weighted by molar-refractivity contribution is -0.141. The van der Waals surface area contributed by atoms with Crippen LogP contribution in [-0.2, 0) is 33.9 Å². The van der Waals surface area contributed by atoms with E-state index in [0.29, 0.717) is 28.1 Å². The van der Waals surface area contributed by atoms with Gasteiger partial charge in [0.05, 0.1) is 29.8 Å². The molecule has 5 unspecified atom stereocenters. The summed E-state index contributed by atoms with van der Waals surface area (Å²) in [6, 6.07) is 21.2. The lowest BCUT2D eigenvalue weighted by Crippen LogP contribution is -2.58. The summed E-state index contributed by atoms with van der Waals surface area (Å²) in [7, 11) is -2.79. The third-order valence-corrected chi connectivity index (χ3v) is 12.0. The molecule has 0 spiro atoms. The van der Waals surface area contributed by atoms with Crippen LogP contribution in [0.1, 0.15) is 40.0 Å². The van der Waals surface area contributed by atoms with Crippen molar-refractivity contribution in [3.63, 3.8) is 0 Å². The van der Waals surface area contributed by atoms with Gasteiger partial charge in [0, 0.05) is 42.0 Å². The van der Waals surface area contributed by atoms with Crippen molar-refractivity contribution in [1.82, 2.24) is 30.6 Å². The lowest BCUT2D eigenvalue weighted by atomic mass is 10.1. The van der Waals surface area contributed by atoms with Gasteiger partial charge in [-0.25, -0.2) is 22.9 Å². The van der Waals surface area contributed by atoms with Crippen LogP contribution in [0.2, 0.25) is 0 Å². The van der Waals surface area contributed by atoms with Crippen molar-refractivity contribution in [1.29, 1.82) is 0 Å². The van der Waals surface area contributed by atoms with Crippen LogP contribution in [0.25, 0.3) is 22.2 Å². The van der Waals surface area contributed by atoms with Crippen LogP contribution in [0, 0.1) is 5.92 Å². The Bertz CT molecular complexity index is 2450. The number of hydrogen-bond acceptors (Lipinski definition) is 11. The SMILES string of the molecule is C=CC1CC1(NC(=O)C1CC(Oc2cc(-c3ccccc3)nc3cc(OC)ccc23)CN1C(=O)C(CCNC(=O)CCl)NC(=O)OC(C)(C)C)C(=O)NS(=O)(=O)c1ccccc1. The number of ether oxygens (including phenoxy) is 3. The number of halogens is 1. The summed E-state index contributed by atoms with van der Waals surface area (Å²) in [5.74, 6) is -2.97. The highest BCUT2D eigenvalue weighted by molar-refractivity contribution is 7.90. The number of amides is 5. The predicted octanol–water partition coefficient (Wildman–Crippen LogP) is 4.46. The second-order valence-electron chi connectivity index (χ2n) is 16.0. The van der Waals surface area contributed by atoms with Gasteiger partial charge in [0.15, 0.2) is 0 Å². The standard InChI is InChI=1S/C44H49ClN6O10S/c1-6-28-24-44(28,41(55)50-62(57,58)31-15-11-8-12-16-31)49-39(53)36-22-30(26-51(36)40(54)33(19-20-46-38(52)25-45)48-42(56)61-43(2,3)4)60-37-23-34(27-13-9-7-10-14-27)47-35-21-29(59-5)17-18-32(35)37/h6-18,21,23,28,30,33,36H,1,19-20,22,24-26H2,2-5H3,(H,46,52)(H,48,56)(H,49,53)(H,50,55). The fourth-order valence-corrected chi connectivity index (χ4v) is 8.39. The number of aromatic nitrogens is 1. The van der Waals surface area contributed by atoms with Crippen LogP contribution in [0.4, 0.5) is 4.79 Å². The summed E-state index contributed by atoms with van der Waals surface area (Å²) >= 11 is 5.68. The molecule has 2 heterocycles. The molecule has 1 saturated heterocycles. The van der Waals surface area contributed by atoms with Crippen molar-refractivity contribution < 1.29 is 46.6 Å². The summed E-state index contributed by atoms with van der Waals surface area (Å²) in [6.45, 7) is 8.51. The highest BCUT2D eigenvalue weighted by Crippen LogP contribution is 2.45. The van der Waals surface area contributed by atoms with Gasteiger partial charge in [-0.3, -0.25) is 19.2 Å². The van der Waals surface area contributed by atoms with Crippen molar-refractivity contribution in [3.05, 3.63) is 97.6 Å². The molecular weight excluding hydrogens is 840 g/mol. The first kappa shape index (κ1) is 45.3. The second kappa shape index (κ2) is 18.8. The number of methoxy groups -OCH3 is 1. The van der Waals surface area contributed by atoms with Gasteiger partial charge in [0.1, 0.15) is 46.7 Å². The maximum absolute atomic E-state index is 14.7. The summed E-state index contributed by atoms with van der Waals surface area (Å²) in [5, 5.41) is 8.56. The Labute approximate surface area is 364 Å². The summed E-state index contributed by atoms with van der Waals surface area (Å²) < 4.78 is 46.1. The number of pyridine rings is 1.